The molecule has 1 aromatic rings. The number of carbonyl (C=O) groups is 1. The fourth-order valence-electron chi connectivity index (χ4n) is 2.15. The molecule has 0 saturated heterocycles. The van der Waals surface area contributed by atoms with Gasteiger partial charge < -0.3 is 15.2 Å². The highest BCUT2D eigenvalue weighted by atomic mass is 16.5. The normalized spacial score (nSPS) is 16.4. The third-order valence-corrected chi connectivity index (χ3v) is 3.49. The molecule has 1 aliphatic rings. The Kier molecular flexibility index (Phi) is 3.07. The first-order chi connectivity index (χ1) is 8.20. The summed E-state index contributed by atoms with van der Waals surface area (Å²) in [6.45, 7) is 0.598. The lowest BCUT2D eigenvalue weighted by Gasteiger charge is -2.17. The number of ether oxygens (including phenoxy) is 2. The summed E-state index contributed by atoms with van der Waals surface area (Å²) in [5, 5.41) is 0. The van der Waals surface area contributed by atoms with Crippen LogP contribution in [-0.2, 0) is 5.41 Å². The van der Waals surface area contributed by atoms with E-state index < -0.39 is 0 Å². The first kappa shape index (κ1) is 11.9. The minimum absolute atomic E-state index is 0.0390. The molecule has 0 aromatic heterocycles. The van der Waals surface area contributed by atoms with Crippen molar-refractivity contribution in [3.63, 3.8) is 0 Å². The fourth-order valence-corrected chi connectivity index (χ4v) is 2.15. The molecule has 1 saturated carbocycles. The molecular formula is C13H17NO3. The standard InChI is InChI=1S/C13H17NO3/c1-16-11-6-10(13(8-14)3-4-13)5-9(7-15)12(11)17-2/h5-7H,3-4,8,14H2,1-2H3. The van der Waals surface area contributed by atoms with Crippen LogP contribution in [0.15, 0.2) is 12.1 Å². The average Bonchev–Trinajstić information content (AvgIpc) is 3.17. The Hall–Kier alpha value is -1.55. The number of aldehydes is 1. The monoisotopic (exact) mass is 235 g/mol. The molecule has 0 bridgehead atoms. The largest absolute Gasteiger partial charge is 0.493 e. The van der Waals surface area contributed by atoms with Gasteiger partial charge in [-0.05, 0) is 30.5 Å². The van der Waals surface area contributed by atoms with Gasteiger partial charge >= 0.3 is 0 Å². The van der Waals surface area contributed by atoms with Crippen molar-refractivity contribution in [2.24, 2.45) is 5.73 Å². The molecule has 2 N–H and O–H groups in total. The molecule has 1 aromatic carbocycles. The Bertz CT molecular complexity index is 439. The number of hydrogen-bond acceptors (Lipinski definition) is 4. The zero-order valence-electron chi connectivity index (χ0n) is 10.2. The van der Waals surface area contributed by atoms with Crippen LogP contribution >= 0.6 is 0 Å². The molecule has 0 radical (unpaired) electrons. The van der Waals surface area contributed by atoms with Crippen LogP contribution in [0.1, 0.15) is 28.8 Å². The maximum Gasteiger partial charge on any atom is 0.171 e. The van der Waals surface area contributed by atoms with Gasteiger partial charge in [0.1, 0.15) is 0 Å². The maximum absolute atomic E-state index is 11.1. The second-order valence-corrected chi connectivity index (χ2v) is 4.40. The van der Waals surface area contributed by atoms with Crippen LogP contribution in [0.3, 0.4) is 0 Å². The van der Waals surface area contributed by atoms with E-state index in [-0.39, 0.29) is 5.41 Å². The van der Waals surface area contributed by atoms with Crippen LogP contribution < -0.4 is 15.2 Å². The smallest absolute Gasteiger partial charge is 0.171 e. The van der Waals surface area contributed by atoms with E-state index in [2.05, 4.69) is 0 Å². The van der Waals surface area contributed by atoms with Crippen molar-refractivity contribution in [3.05, 3.63) is 23.3 Å². The molecule has 0 unspecified atom stereocenters. The topological polar surface area (TPSA) is 61.5 Å². The number of methoxy groups -OCH3 is 2. The third kappa shape index (κ3) is 1.89. The lowest BCUT2D eigenvalue weighted by Crippen LogP contribution is -2.20. The van der Waals surface area contributed by atoms with E-state index >= 15 is 0 Å². The van der Waals surface area contributed by atoms with Gasteiger partial charge in [0.05, 0.1) is 19.8 Å². The summed E-state index contributed by atoms with van der Waals surface area (Å²) in [6.07, 6.45) is 2.92. The van der Waals surface area contributed by atoms with Crippen molar-refractivity contribution in [3.8, 4) is 11.5 Å². The molecule has 1 aliphatic carbocycles. The van der Waals surface area contributed by atoms with Gasteiger partial charge in [-0.15, -0.1) is 0 Å². The lowest BCUT2D eigenvalue weighted by atomic mass is 9.94. The second-order valence-electron chi connectivity index (χ2n) is 4.40. The molecule has 4 nitrogen and oxygen atoms in total. The quantitative estimate of drug-likeness (QED) is 0.786. The van der Waals surface area contributed by atoms with Gasteiger partial charge in [0.25, 0.3) is 0 Å². The molecule has 0 aliphatic heterocycles. The van der Waals surface area contributed by atoms with Gasteiger partial charge in [-0.25, -0.2) is 0 Å². The summed E-state index contributed by atoms with van der Waals surface area (Å²) >= 11 is 0. The van der Waals surface area contributed by atoms with Crippen molar-refractivity contribution in [2.45, 2.75) is 18.3 Å². The Balaban J connectivity index is 2.53. The predicted molar refractivity (Wildman–Crippen MR) is 64.9 cm³/mol. The van der Waals surface area contributed by atoms with E-state index in [0.717, 1.165) is 24.7 Å². The van der Waals surface area contributed by atoms with Gasteiger partial charge in [-0.2, -0.15) is 0 Å². The molecule has 0 atom stereocenters. The third-order valence-electron chi connectivity index (χ3n) is 3.49. The van der Waals surface area contributed by atoms with Crippen molar-refractivity contribution in [2.75, 3.05) is 20.8 Å². The van der Waals surface area contributed by atoms with E-state index in [1.54, 1.807) is 7.11 Å². The zero-order valence-corrected chi connectivity index (χ0v) is 10.2. The average molecular weight is 235 g/mol. The summed E-state index contributed by atoms with van der Waals surface area (Å²) in [4.78, 5) is 11.1. The van der Waals surface area contributed by atoms with E-state index in [1.165, 1.54) is 7.11 Å². The molecular weight excluding hydrogens is 218 g/mol. The Morgan fingerprint density at radius 1 is 1.35 bits per heavy atom. The molecule has 1 fully saturated rings. The van der Waals surface area contributed by atoms with Gasteiger partial charge in [0, 0.05) is 12.0 Å². The zero-order chi connectivity index (χ0) is 12.5. The molecule has 92 valence electrons. The van der Waals surface area contributed by atoms with Crippen LogP contribution in [0.5, 0.6) is 11.5 Å². The summed E-state index contributed by atoms with van der Waals surface area (Å²) < 4.78 is 10.5. The highest BCUT2D eigenvalue weighted by Gasteiger charge is 2.43. The van der Waals surface area contributed by atoms with Crippen LogP contribution in [0.4, 0.5) is 0 Å². The minimum atomic E-state index is 0.0390. The molecule has 4 heteroatoms. The highest BCUT2D eigenvalue weighted by molar-refractivity contribution is 5.82. The van der Waals surface area contributed by atoms with Crippen LogP contribution in [0.25, 0.3) is 0 Å². The number of carbonyl (C=O) groups excluding carboxylic acids is 1. The Labute approximate surface area is 101 Å². The van der Waals surface area contributed by atoms with Crippen molar-refractivity contribution < 1.29 is 14.3 Å². The van der Waals surface area contributed by atoms with E-state index in [9.17, 15) is 4.79 Å². The highest BCUT2D eigenvalue weighted by Crippen LogP contribution is 2.49. The van der Waals surface area contributed by atoms with Crippen LogP contribution in [-0.4, -0.2) is 27.1 Å². The van der Waals surface area contributed by atoms with Gasteiger partial charge in [0.2, 0.25) is 0 Å². The van der Waals surface area contributed by atoms with Crippen molar-refractivity contribution in [1.82, 2.24) is 0 Å². The number of benzene rings is 1. The van der Waals surface area contributed by atoms with Crippen LogP contribution in [0, 0.1) is 0 Å². The second kappa shape index (κ2) is 4.37. The molecule has 2 rings (SSSR count). The van der Waals surface area contributed by atoms with Gasteiger partial charge in [-0.1, -0.05) is 0 Å². The van der Waals surface area contributed by atoms with E-state index in [1.807, 2.05) is 12.1 Å². The van der Waals surface area contributed by atoms with Crippen molar-refractivity contribution >= 4 is 6.29 Å². The van der Waals surface area contributed by atoms with Crippen molar-refractivity contribution in [1.29, 1.82) is 0 Å². The lowest BCUT2D eigenvalue weighted by molar-refractivity contribution is 0.112. The predicted octanol–water partition coefficient (Wildman–Crippen LogP) is 1.51. The summed E-state index contributed by atoms with van der Waals surface area (Å²) in [5.74, 6) is 1.07. The summed E-state index contributed by atoms with van der Waals surface area (Å²) in [6, 6.07) is 3.78. The number of nitrogens with two attached hydrogens (primary N) is 1. The molecule has 0 spiro atoms. The molecule has 0 heterocycles. The first-order valence-electron chi connectivity index (χ1n) is 5.62. The Morgan fingerprint density at radius 3 is 2.47 bits per heavy atom. The summed E-state index contributed by atoms with van der Waals surface area (Å²) in [7, 11) is 3.10. The molecule has 17 heavy (non-hydrogen) atoms. The minimum Gasteiger partial charge on any atom is -0.493 e. The number of rotatable bonds is 5. The van der Waals surface area contributed by atoms with E-state index in [4.69, 9.17) is 15.2 Å². The number of hydrogen-bond donors (Lipinski definition) is 1. The summed E-state index contributed by atoms with van der Waals surface area (Å²) in [5.41, 5.74) is 7.42. The molecule has 0 amide bonds. The fraction of sp³-hybridized carbons (Fsp3) is 0.462. The van der Waals surface area contributed by atoms with Crippen LogP contribution in [0.2, 0.25) is 0 Å². The van der Waals surface area contributed by atoms with Gasteiger partial charge in [-0.3, -0.25) is 4.79 Å². The maximum atomic E-state index is 11.1. The van der Waals surface area contributed by atoms with Gasteiger partial charge in [0.15, 0.2) is 17.8 Å². The SMILES string of the molecule is COc1cc(C2(CN)CC2)cc(C=O)c1OC. The first-order valence-corrected chi connectivity index (χ1v) is 5.62. The van der Waals surface area contributed by atoms with E-state index in [0.29, 0.717) is 23.6 Å². The Morgan fingerprint density at radius 2 is 2.06 bits per heavy atom.